The minimum Gasteiger partial charge on any atom is -0.488 e. The van der Waals surface area contributed by atoms with Gasteiger partial charge in [0.25, 0.3) is 5.91 Å². The number of hydrogen-bond acceptors (Lipinski definition) is 3. The third kappa shape index (κ3) is 3.41. The molecule has 1 aromatic heterocycles. The molecule has 2 heterocycles. The fourth-order valence-electron chi connectivity index (χ4n) is 3.89. The number of carbonyl (C=O) groups is 1. The average Bonchev–Trinajstić information content (AvgIpc) is 3.08. The van der Waals surface area contributed by atoms with Gasteiger partial charge < -0.3 is 9.64 Å². The Morgan fingerprint density at radius 3 is 2.59 bits per heavy atom. The zero-order valence-corrected chi connectivity index (χ0v) is 17.5. The number of hydrogen-bond donors (Lipinski definition) is 0. The molecule has 0 radical (unpaired) electrons. The Morgan fingerprint density at radius 1 is 1.17 bits per heavy atom. The number of rotatable bonds is 5. The van der Waals surface area contributed by atoms with Crippen LogP contribution < -0.4 is 9.64 Å². The first-order chi connectivity index (χ1) is 14.0. The molecular weight excluding hydrogens is 362 g/mol. The van der Waals surface area contributed by atoms with E-state index in [0.29, 0.717) is 24.8 Å². The molecule has 150 valence electrons. The number of nitrogens with zero attached hydrogens (tertiary/aromatic N) is 3. The summed E-state index contributed by atoms with van der Waals surface area (Å²) in [4.78, 5) is 15.4. The van der Waals surface area contributed by atoms with Gasteiger partial charge in [0.05, 0.1) is 5.69 Å². The van der Waals surface area contributed by atoms with E-state index in [-0.39, 0.29) is 5.91 Å². The molecule has 5 nitrogen and oxygen atoms in total. The monoisotopic (exact) mass is 389 g/mol. The summed E-state index contributed by atoms with van der Waals surface area (Å²) in [6.45, 7) is 7.41. The maximum Gasteiger partial charge on any atom is 0.279 e. The maximum absolute atomic E-state index is 13.5. The average molecular weight is 389 g/mol. The number of para-hydroxylation sites is 1. The molecule has 0 fully saturated rings. The molecule has 0 N–H and O–H groups in total. The minimum atomic E-state index is -0.0796. The van der Waals surface area contributed by atoms with Gasteiger partial charge in [-0.05, 0) is 42.2 Å². The zero-order chi connectivity index (χ0) is 20.5. The summed E-state index contributed by atoms with van der Waals surface area (Å²) < 4.78 is 7.72. The van der Waals surface area contributed by atoms with Gasteiger partial charge in [-0.1, -0.05) is 45.0 Å². The van der Waals surface area contributed by atoms with E-state index in [9.17, 15) is 4.79 Å². The Kier molecular flexibility index (Phi) is 5.14. The predicted octanol–water partition coefficient (Wildman–Crippen LogP) is 5.16. The SMILES string of the molecule is CCCN(C(=O)c1nn(C)c2c1COc1ccccc1-2)c1ccc(C(C)C)cc1. The number of benzene rings is 2. The number of ether oxygens (including phenoxy) is 1. The van der Waals surface area contributed by atoms with Gasteiger partial charge in [0.2, 0.25) is 0 Å². The predicted molar refractivity (Wildman–Crippen MR) is 115 cm³/mol. The molecule has 5 heteroatoms. The van der Waals surface area contributed by atoms with E-state index in [1.807, 2.05) is 48.3 Å². The molecule has 2 aromatic carbocycles. The van der Waals surface area contributed by atoms with Gasteiger partial charge in [0.15, 0.2) is 5.69 Å². The van der Waals surface area contributed by atoms with E-state index in [0.717, 1.165) is 34.7 Å². The smallest absolute Gasteiger partial charge is 0.279 e. The van der Waals surface area contributed by atoms with Gasteiger partial charge in [-0.3, -0.25) is 9.48 Å². The van der Waals surface area contributed by atoms with Crippen molar-refractivity contribution < 1.29 is 9.53 Å². The summed E-state index contributed by atoms with van der Waals surface area (Å²) >= 11 is 0. The molecule has 1 amide bonds. The van der Waals surface area contributed by atoms with Gasteiger partial charge in [-0.2, -0.15) is 5.10 Å². The third-order valence-corrected chi connectivity index (χ3v) is 5.43. The van der Waals surface area contributed by atoms with Gasteiger partial charge in [0.1, 0.15) is 12.4 Å². The Balaban J connectivity index is 1.73. The fourth-order valence-corrected chi connectivity index (χ4v) is 3.89. The highest BCUT2D eigenvalue weighted by Gasteiger charge is 2.30. The summed E-state index contributed by atoms with van der Waals surface area (Å²) in [5, 5.41) is 4.61. The fraction of sp³-hybridized carbons (Fsp3) is 0.333. The van der Waals surface area contributed by atoms with Gasteiger partial charge in [-0.25, -0.2) is 0 Å². The first kappa shape index (κ1) is 19.2. The summed E-state index contributed by atoms with van der Waals surface area (Å²) in [5.74, 6) is 1.21. The van der Waals surface area contributed by atoms with Gasteiger partial charge >= 0.3 is 0 Å². The number of carbonyl (C=O) groups excluding carboxylic acids is 1. The second kappa shape index (κ2) is 7.74. The highest BCUT2D eigenvalue weighted by atomic mass is 16.5. The number of aromatic nitrogens is 2. The van der Waals surface area contributed by atoms with Crippen molar-refractivity contribution in [1.82, 2.24) is 9.78 Å². The normalized spacial score (nSPS) is 12.3. The van der Waals surface area contributed by atoms with Crippen LogP contribution in [-0.4, -0.2) is 22.2 Å². The first-order valence-electron chi connectivity index (χ1n) is 10.2. The number of fused-ring (bicyclic) bond motifs is 3. The highest BCUT2D eigenvalue weighted by molar-refractivity contribution is 6.06. The molecular formula is C24H27N3O2. The molecule has 0 aliphatic carbocycles. The van der Waals surface area contributed by atoms with Crippen LogP contribution in [0.15, 0.2) is 48.5 Å². The highest BCUT2D eigenvalue weighted by Crippen LogP contribution is 2.38. The number of anilines is 1. The molecule has 4 rings (SSSR count). The van der Waals surface area contributed by atoms with Crippen LogP contribution in [0.3, 0.4) is 0 Å². The lowest BCUT2D eigenvalue weighted by Crippen LogP contribution is -2.33. The Labute approximate surface area is 171 Å². The van der Waals surface area contributed by atoms with Crippen molar-refractivity contribution in [2.75, 3.05) is 11.4 Å². The second-order valence-electron chi connectivity index (χ2n) is 7.79. The molecule has 3 aromatic rings. The molecule has 1 aliphatic rings. The van der Waals surface area contributed by atoms with Crippen LogP contribution in [0.4, 0.5) is 5.69 Å². The van der Waals surface area contributed by atoms with Gasteiger partial charge in [0, 0.05) is 30.4 Å². The van der Waals surface area contributed by atoms with Crippen molar-refractivity contribution in [2.45, 2.75) is 39.7 Å². The lowest BCUT2D eigenvalue weighted by molar-refractivity contribution is 0.0979. The van der Waals surface area contributed by atoms with Crippen LogP contribution in [-0.2, 0) is 13.7 Å². The van der Waals surface area contributed by atoms with Gasteiger partial charge in [-0.15, -0.1) is 0 Å². The van der Waals surface area contributed by atoms with Crippen LogP contribution in [0, 0.1) is 0 Å². The summed E-state index contributed by atoms with van der Waals surface area (Å²) in [7, 11) is 1.89. The third-order valence-electron chi connectivity index (χ3n) is 5.43. The lowest BCUT2D eigenvalue weighted by Gasteiger charge is -2.23. The van der Waals surface area contributed by atoms with Crippen molar-refractivity contribution in [3.05, 3.63) is 65.4 Å². The Morgan fingerprint density at radius 2 is 1.90 bits per heavy atom. The van der Waals surface area contributed by atoms with Crippen molar-refractivity contribution >= 4 is 11.6 Å². The summed E-state index contributed by atoms with van der Waals surface area (Å²) in [6.07, 6.45) is 0.867. The first-order valence-corrected chi connectivity index (χ1v) is 10.2. The second-order valence-corrected chi connectivity index (χ2v) is 7.79. The molecule has 0 atom stereocenters. The van der Waals surface area contributed by atoms with E-state index in [1.54, 1.807) is 4.68 Å². The molecule has 29 heavy (non-hydrogen) atoms. The zero-order valence-electron chi connectivity index (χ0n) is 17.5. The molecule has 0 spiro atoms. The quantitative estimate of drug-likeness (QED) is 0.605. The van der Waals surface area contributed by atoms with E-state index in [2.05, 4.69) is 38.0 Å². The van der Waals surface area contributed by atoms with E-state index >= 15 is 0 Å². The van der Waals surface area contributed by atoms with E-state index in [4.69, 9.17) is 4.74 Å². The van der Waals surface area contributed by atoms with Crippen molar-refractivity contribution in [2.24, 2.45) is 7.05 Å². The van der Waals surface area contributed by atoms with Crippen LogP contribution in [0.1, 0.15) is 54.7 Å². The molecule has 0 bridgehead atoms. The number of aryl methyl sites for hydroxylation is 1. The van der Waals surface area contributed by atoms with Crippen molar-refractivity contribution in [3.8, 4) is 17.0 Å². The van der Waals surface area contributed by atoms with E-state index < -0.39 is 0 Å². The van der Waals surface area contributed by atoms with Crippen LogP contribution in [0.25, 0.3) is 11.3 Å². The largest absolute Gasteiger partial charge is 0.488 e. The van der Waals surface area contributed by atoms with Crippen molar-refractivity contribution in [3.63, 3.8) is 0 Å². The molecule has 0 saturated carbocycles. The van der Waals surface area contributed by atoms with Crippen LogP contribution in [0.5, 0.6) is 5.75 Å². The molecule has 0 saturated heterocycles. The topological polar surface area (TPSA) is 47.4 Å². The standard InChI is InChI=1S/C24H27N3O2/c1-5-14-27(18-12-10-17(11-13-18)16(2)3)24(28)22-20-15-29-21-9-7-6-8-19(21)23(20)26(4)25-22/h6-13,16H,5,14-15H2,1-4H3. The Hall–Kier alpha value is -3.08. The molecule has 0 unspecified atom stereocenters. The maximum atomic E-state index is 13.5. The van der Waals surface area contributed by atoms with Crippen molar-refractivity contribution in [1.29, 1.82) is 0 Å². The molecule has 1 aliphatic heterocycles. The number of amides is 1. The van der Waals surface area contributed by atoms with Crippen LogP contribution >= 0.6 is 0 Å². The lowest BCUT2D eigenvalue weighted by atomic mass is 10.0. The minimum absolute atomic E-state index is 0.0796. The van der Waals surface area contributed by atoms with E-state index in [1.165, 1.54) is 5.56 Å². The Bertz CT molecular complexity index is 1030. The summed E-state index contributed by atoms with van der Waals surface area (Å²) in [6, 6.07) is 16.2. The summed E-state index contributed by atoms with van der Waals surface area (Å²) in [5.41, 5.74) is 5.43. The van der Waals surface area contributed by atoms with Crippen LogP contribution in [0.2, 0.25) is 0 Å².